The SMILES string of the molecule is CN1CCCc2cc(-c3cn(C)nn3)ccc21. The summed E-state index contributed by atoms with van der Waals surface area (Å²) < 4.78 is 1.74. The maximum Gasteiger partial charge on any atom is 0.113 e. The zero-order valence-electron chi connectivity index (χ0n) is 10.2. The van der Waals surface area contributed by atoms with Crippen LogP contribution in [0.15, 0.2) is 24.4 Å². The minimum Gasteiger partial charge on any atom is -0.374 e. The number of hydrogen-bond donors (Lipinski definition) is 0. The van der Waals surface area contributed by atoms with Crippen molar-refractivity contribution in [3.63, 3.8) is 0 Å². The molecule has 0 unspecified atom stereocenters. The van der Waals surface area contributed by atoms with Crippen LogP contribution in [-0.4, -0.2) is 28.6 Å². The van der Waals surface area contributed by atoms with E-state index in [1.807, 2.05) is 13.2 Å². The second kappa shape index (κ2) is 3.87. The van der Waals surface area contributed by atoms with Crippen LogP contribution in [-0.2, 0) is 13.5 Å². The summed E-state index contributed by atoms with van der Waals surface area (Å²) in [5.74, 6) is 0. The van der Waals surface area contributed by atoms with Crippen molar-refractivity contribution in [2.75, 3.05) is 18.5 Å². The summed E-state index contributed by atoms with van der Waals surface area (Å²) in [6, 6.07) is 6.57. The second-order valence-corrected chi connectivity index (χ2v) is 4.65. The van der Waals surface area contributed by atoms with E-state index in [9.17, 15) is 0 Å². The van der Waals surface area contributed by atoms with Crippen molar-refractivity contribution >= 4 is 5.69 Å². The van der Waals surface area contributed by atoms with E-state index in [0.29, 0.717) is 0 Å². The molecule has 1 aliphatic rings. The van der Waals surface area contributed by atoms with E-state index in [-0.39, 0.29) is 0 Å². The molecular weight excluding hydrogens is 212 g/mol. The summed E-state index contributed by atoms with van der Waals surface area (Å²) in [6.45, 7) is 1.15. The molecular formula is C13H16N4. The highest BCUT2D eigenvalue weighted by atomic mass is 15.4. The summed E-state index contributed by atoms with van der Waals surface area (Å²) in [5.41, 5.74) is 4.88. The zero-order chi connectivity index (χ0) is 11.8. The standard InChI is InChI=1S/C13H16N4/c1-16-7-3-4-11-8-10(5-6-13(11)16)12-9-17(2)15-14-12/h5-6,8-9H,3-4,7H2,1-2H3. The van der Waals surface area contributed by atoms with Crippen LogP contribution in [0, 0.1) is 0 Å². The number of benzene rings is 1. The topological polar surface area (TPSA) is 34.0 Å². The Morgan fingerprint density at radius 3 is 2.88 bits per heavy atom. The van der Waals surface area contributed by atoms with Gasteiger partial charge in [0.25, 0.3) is 0 Å². The molecule has 0 amide bonds. The number of aromatic nitrogens is 3. The van der Waals surface area contributed by atoms with E-state index in [2.05, 4.69) is 40.5 Å². The van der Waals surface area contributed by atoms with Crippen molar-refractivity contribution in [2.45, 2.75) is 12.8 Å². The van der Waals surface area contributed by atoms with Gasteiger partial charge in [0, 0.05) is 31.9 Å². The number of anilines is 1. The lowest BCUT2D eigenvalue weighted by atomic mass is 9.99. The summed E-state index contributed by atoms with van der Waals surface area (Å²) in [4.78, 5) is 2.32. The zero-order valence-corrected chi connectivity index (χ0v) is 10.2. The molecule has 0 saturated carbocycles. The van der Waals surface area contributed by atoms with E-state index in [1.165, 1.54) is 17.7 Å². The van der Waals surface area contributed by atoms with Gasteiger partial charge in [-0.05, 0) is 30.5 Å². The second-order valence-electron chi connectivity index (χ2n) is 4.65. The Bertz CT molecular complexity index is 544. The van der Waals surface area contributed by atoms with Gasteiger partial charge in [-0.15, -0.1) is 5.10 Å². The Morgan fingerprint density at radius 2 is 2.12 bits per heavy atom. The molecule has 3 rings (SSSR count). The molecule has 0 bridgehead atoms. The first-order valence-corrected chi connectivity index (χ1v) is 5.95. The van der Waals surface area contributed by atoms with E-state index >= 15 is 0 Å². The van der Waals surface area contributed by atoms with E-state index in [4.69, 9.17) is 0 Å². The largest absolute Gasteiger partial charge is 0.374 e. The summed E-state index contributed by atoms with van der Waals surface area (Å²) in [5, 5.41) is 8.13. The fourth-order valence-corrected chi connectivity index (χ4v) is 2.42. The first-order valence-electron chi connectivity index (χ1n) is 5.95. The van der Waals surface area contributed by atoms with Gasteiger partial charge in [-0.3, -0.25) is 4.68 Å². The van der Waals surface area contributed by atoms with Gasteiger partial charge in [0.15, 0.2) is 0 Å². The van der Waals surface area contributed by atoms with Gasteiger partial charge in [0.05, 0.1) is 6.20 Å². The average Bonchev–Trinajstić information content (AvgIpc) is 2.76. The van der Waals surface area contributed by atoms with Gasteiger partial charge in [0.1, 0.15) is 5.69 Å². The lowest BCUT2D eigenvalue weighted by Crippen LogP contribution is -2.24. The molecule has 0 radical (unpaired) electrons. The normalized spacial score (nSPS) is 14.8. The van der Waals surface area contributed by atoms with Crippen molar-refractivity contribution in [2.24, 2.45) is 7.05 Å². The van der Waals surface area contributed by atoms with Gasteiger partial charge in [-0.2, -0.15) is 0 Å². The Hall–Kier alpha value is -1.84. The molecule has 88 valence electrons. The first kappa shape index (κ1) is 10.3. The molecule has 0 aliphatic carbocycles. The summed E-state index contributed by atoms with van der Waals surface area (Å²) >= 11 is 0. The van der Waals surface area contributed by atoms with Crippen LogP contribution < -0.4 is 4.90 Å². The number of nitrogens with zero attached hydrogens (tertiary/aromatic N) is 4. The maximum atomic E-state index is 4.15. The molecule has 1 aliphatic heterocycles. The lowest BCUT2D eigenvalue weighted by Gasteiger charge is -2.27. The Labute approximate surface area is 101 Å². The molecule has 4 heteroatoms. The third-order valence-electron chi connectivity index (χ3n) is 3.33. The summed E-state index contributed by atoms with van der Waals surface area (Å²) in [7, 11) is 4.04. The van der Waals surface area contributed by atoms with Crippen LogP contribution in [0.2, 0.25) is 0 Å². The van der Waals surface area contributed by atoms with Gasteiger partial charge in [-0.25, -0.2) is 0 Å². The fourth-order valence-electron chi connectivity index (χ4n) is 2.42. The number of fused-ring (bicyclic) bond motifs is 1. The first-order chi connectivity index (χ1) is 8.24. The number of rotatable bonds is 1. The minimum absolute atomic E-state index is 0.948. The van der Waals surface area contributed by atoms with Crippen LogP contribution in [0.3, 0.4) is 0 Å². The monoisotopic (exact) mass is 228 g/mol. The Morgan fingerprint density at radius 1 is 1.24 bits per heavy atom. The van der Waals surface area contributed by atoms with Crippen LogP contribution in [0.4, 0.5) is 5.69 Å². The van der Waals surface area contributed by atoms with E-state index < -0.39 is 0 Å². The average molecular weight is 228 g/mol. The van der Waals surface area contributed by atoms with Crippen molar-refractivity contribution < 1.29 is 0 Å². The predicted octanol–water partition coefficient (Wildman–Crippen LogP) is 1.86. The van der Waals surface area contributed by atoms with Gasteiger partial charge < -0.3 is 4.90 Å². The van der Waals surface area contributed by atoms with E-state index in [1.54, 1.807) is 4.68 Å². The smallest absolute Gasteiger partial charge is 0.113 e. The van der Waals surface area contributed by atoms with Crippen molar-refractivity contribution in [3.05, 3.63) is 30.0 Å². The molecule has 0 atom stereocenters. The van der Waals surface area contributed by atoms with Crippen LogP contribution in [0.25, 0.3) is 11.3 Å². The summed E-state index contributed by atoms with van der Waals surface area (Å²) in [6.07, 6.45) is 4.34. The molecule has 0 spiro atoms. The molecule has 4 nitrogen and oxygen atoms in total. The van der Waals surface area contributed by atoms with Crippen molar-refractivity contribution in [3.8, 4) is 11.3 Å². The van der Waals surface area contributed by atoms with Gasteiger partial charge in [-0.1, -0.05) is 11.3 Å². The maximum absolute atomic E-state index is 4.15. The highest BCUT2D eigenvalue weighted by Crippen LogP contribution is 2.29. The third-order valence-corrected chi connectivity index (χ3v) is 3.33. The molecule has 1 aromatic carbocycles. The fraction of sp³-hybridized carbons (Fsp3) is 0.385. The third kappa shape index (κ3) is 1.79. The molecule has 0 fully saturated rings. The number of hydrogen-bond acceptors (Lipinski definition) is 3. The van der Waals surface area contributed by atoms with Crippen LogP contribution >= 0.6 is 0 Å². The van der Waals surface area contributed by atoms with Crippen molar-refractivity contribution in [1.82, 2.24) is 15.0 Å². The van der Waals surface area contributed by atoms with Gasteiger partial charge in [0.2, 0.25) is 0 Å². The molecule has 2 heterocycles. The van der Waals surface area contributed by atoms with Gasteiger partial charge >= 0.3 is 0 Å². The molecule has 2 aromatic rings. The predicted molar refractivity (Wildman–Crippen MR) is 68.0 cm³/mol. The molecule has 0 saturated heterocycles. The lowest BCUT2D eigenvalue weighted by molar-refractivity contribution is 0.715. The molecule has 0 N–H and O–H groups in total. The quantitative estimate of drug-likeness (QED) is 0.747. The molecule has 17 heavy (non-hydrogen) atoms. The van der Waals surface area contributed by atoms with Crippen LogP contribution in [0.5, 0.6) is 0 Å². The highest BCUT2D eigenvalue weighted by molar-refractivity contribution is 5.66. The van der Waals surface area contributed by atoms with Crippen molar-refractivity contribution in [1.29, 1.82) is 0 Å². The Balaban J connectivity index is 2.03. The van der Waals surface area contributed by atoms with E-state index in [0.717, 1.165) is 24.2 Å². The highest BCUT2D eigenvalue weighted by Gasteiger charge is 2.14. The number of aryl methyl sites for hydroxylation is 2. The van der Waals surface area contributed by atoms with Crippen LogP contribution in [0.1, 0.15) is 12.0 Å². The Kier molecular flexibility index (Phi) is 2.35. The minimum atomic E-state index is 0.948. The molecule has 1 aromatic heterocycles.